The number of sulfonamides is 1. The minimum Gasteiger partial charge on any atom is -0.352 e. The van der Waals surface area contributed by atoms with Gasteiger partial charge in [-0.05, 0) is 25.0 Å². The van der Waals surface area contributed by atoms with E-state index < -0.39 is 10.0 Å². The lowest BCUT2D eigenvalue weighted by atomic mass is 10.1. The Labute approximate surface area is 131 Å². The Morgan fingerprint density at radius 2 is 1.91 bits per heavy atom. The molecule has 1 N–H and O–H groups in total. The molecule has 1 aliphatic rings. The van der Waals surface area contributed by atoms with Gasteiger partial charge in [-0.25, -0.2) is 0 Å². The zero-order chi connectivity index (χ0) is 16.3. The highest BCUT2D eigenvalue weighted by atomic mass is 32.2. The maximum absolute atomic E-state index is 12.1. The molecule has 6 nitrogen and oxygen atoms in total. The summed E-state index contributed by atoms with van der Waals surface area (Å²) in [5.41, 5.74) is 0.542. The Morgan fingerprint density at radius 3 is 2.55 bits per heavy atom. The number of fused-ring (bicyclic) bond motifs is 1. The lowest BCUT2D eigenvalue weighted by Gasteiger charge is -2.21. The molecule has 0 aliphatic carbocycles. The van der Waals surface area contributed by atoms with Crippen LogP contribution >= 0.6 is 0 Å². The van der Waals surface area contributed by atoms with Crippen molar-refractivity contribution in [3.05, 3.63) is 29.8 Å². The number of nitrogens with one attached hydrogen (secondary N) is 1. The van der Waals surface area contributed by atoms with E-state index in [9.17, 15) is 13.2 Å². The van der Waals surface area contributed by atoms with E-state index in [1.165, 1.54) is 6.07 Å². The second-order valence-corrected chi connectivity index (χ2v) is 6.90. The van der Waals surface area contributed by atoms with Crippen molar-refractivity contribution >= 4 is 21.8 Å². The summed E-state index contributed by atoms with van der Waals surface area (Å²) in [6, 6.07) is 6.79. The van der Waals surface area contributed by atoms with Crippen LogP contribution in [0.2, 0.25) is 0 Å². The molecule has 0 spiro atoms. The molecule has 0 saturated heterocycles. The molecule has 1 heterocycles. The molecule has 120 valence electrons. The number of hydrogen-bond donors (Lipinski definition) is 1. The number of likely N-dealkylation sites (N-methyl/N-ethyl adjacent to an activating group) is 1. The second kappa shape index (κ2) is 6.48. The number of amidine groups is 1. The first-order valence-corrected chi connectivity index (χ1v) is 8.78. The molecule has 1 amide bonds. The third-order valence-corrected chi connectivity index (χ3v) is 5.03. The van der Waals surface area contributed by atoms with Crippen molar-refractivity contribution in [3.63, 3.8) is 0 Å². The van der Waals surface area contributed by atoms with Crippen LogP contribution in [-0.4, -0.2) is 44.7 Å². The van der Waals surface area contributed by atoms with Gasteiger partial charge in [0.05, 0.1) is 6.54 Å². The summed E-state index contributed by atoms with van der Waals surface area (Å²) in [7, 11) is -1.98. The predicted molar refractivity (Wildman–Crippen MR) is 85.3 cm³/mol. The number of benzene rings is 1. The van der Waals surface area contributed by atoms with Gasteiger partial charge >= 0.3 is 0 Å². The van der Waals surface area contributed by atoms with Gasteiger partial charge in [0.1, 0.15) is 4.90 Å². The van der Waals surface area contributed by atoms with E-state index in [-0.39, 0.29) is 23.4 Å². The average molecular weight is 323 g/mol. The molecule has 0 radical (unpaired) electrons. The largest absolute Gasteiger partial charge is 0.352 e. The summed E-state index contributed by atoms with van der Waals surface area (Å²) in [6.45, 7) is 4.10. The van der Waals surface area contributed by atoms with Gasteiger partial charge in [-0.2, -0.15) is 8.42 Å². The van der Waals surface area contributed by atoms with Crippen LogP contribution in [0.5, 0.6) is 0 Å². The predicted octanol–water partition coefficient (Wildman–Crippen LogP) is 1.37. The lowest BCUT2D eigenvalue weighted by molar-refractivity contribution is -0.122. The van der Waals surface area contributed by atoms with E-state index in [0.717, 1.165) is 12.8 Å². The van der Waals surface area contributed by atoms with Gasteiger partial charge in [0.2, 0.25) is 5.91 Å². The molecule has 2 rings (SSSR count). The smallest absolute Gasteiger partial charge is 0.285 e. The molecule has 0 fully saturated rings. The van der Waals surface area contributed by atoms with Gasteiger partial charge < -0.3 is 10.2 Å². The molecule has 0 aromatic heterocycles. The molecule has 7 heteroatoms. The van der Waals surface area contributed by atoms with Crippen LogP contribution in [0.1, 0.15) is 32.3 Å². The van der Waals surface area contributed by atoms with E-state index in [2.05, 4.69) is 9.71 Å². The molecule has 1 aliphatic heterocycles. The highest BCUT2D eigenvalue weighted by Gasteiger charge is 2.30. The summed E-state index contributed by atoms with van der Waals surface area (Å²) >= 11 is 0. The molecule has 1 aromatic carbocycles. The average Bonchev–Trinajstić information content (AvgIpc) is 2.77. The minimum atomic E-state index is -3.65. The lowest BCUT2D eigenvalue weighted by Crippen LogP contribution is -2.42. The van der Waals surface area contributed by atoms with Gasteiger partial charge in [0, 0.05) is 18.7 Å². The molecule has 0 unspecified atom stereocenters. The Morgan fingerprint density at radius 1 is 1.27 bits per heavy atom. The Hall–Kier alpha value is -1.89. The van der Waals surface area contributed by atoms with Crippen LogP contribution in [0.3, 0.4) is 0 Å². The number of nitrogens with zero attached hydrogens (tertiary/aromatic N) is 2. The van der Waals surface area contributed by atoms with E-state index in [1.54, 1.807) is 30.1 Å². The fourth-order valence-corrected chi connectivity index (χ4v) is 3.67. The quantitative estimate of drug-likeness (QED) is 0.888. The van der Waals surface area contributed by atoms with Crippen LogP contribution < -0.4 is 5.32 Å². The third-order valence-electron chi connectivity index (χ3n) is 3.71. The monoisotopic (exact) mass is 323 g/mol. The van der Waals surface area contributed by atoms with Gasteiger partial charge in [-0.3, -0.25) is 4.79 Å². The number of carbonyl (C=O) groups is 1. The van der Waals surface area contributed by atoms with Crippen LogP contribution in [0.4, 0.5) is 0 Å². The number of rotatable bonds is 5. The number of carbonyl (C=O) groups excluding carboxylic acids is 1. The standard InChI is InChI=1S/C15H21N3O3S/c1-4-11(5-2)16-14(19)10-18(3)15-12-8-6-7-9-13(12)22(20,21)17-15/h6-9,11H,4-5,10H2,1-3H3,(H,16,19). The normalized spacial score (nSPS) is 15.4. The molecular weight excluding hydrogens is 302 g/mol. The second-order valence-electron chi connectivity index (χ2n) is 5.32. The zero-order valence-electron chi connectivity index (χ0n) is 13.0. The highest BCUT2D eigenvalue weighted by Crippen LogP contribution is 2.26. The SMILES string of the molecule is CCC(CC)NC(=O)CN(C)C1=NS(=O)(=O)c2ccccc21. The van der Waals surface area contributed by atoms with Crippen molar-refractivity contribution in [2.24, 2.45) is 4.40 Å². The summed E-state index contributed by atoms with van der Waals surface area (Å²) in [4.78, 5) is 13.8. The van der Waals surface area contributed by atoms with Crippen molar-refractivity contribution in [1.29, 1.82) is 0 Å². The first-order chi connectivity index (χ1) is 10.4. The molecule has 0 saturated carbocycles. The maximum atomic E-state index is 12.1. The maximum Gasteiger partial charge on any atom is 0.285 e. The molecule has 1 aromatic rings. The Bertz CT molecular complexity index is 694. The van der Waals surface area contributed by atoms with Crippen molar-refractivity contribution < 1.29 is 13.2 Å². The van der Waals surface area contributed by atoms with Gasteiger partial charge in [0.15, 0.2) is 5.84 Å². The number of hydrogen-bond acceptors (Lipinski definition) is 4. The first kappa shape index (κ1) is 16.5. The summed E-state index contributed by atoms with van der Waals surface area (Å²) in [5, 5.41) is 2.93. The van der Waals surface area contributed by atoms with Crippen LogP contribution in [0.15, 0.2) is 33.6 Å². The highest BCUT2D eigenvalue weighted by molar-refractivity contribution is 7.90. The minimum absolute atomic E-state index is 0.0686. The molecule has 0 atom stereocenters. The fraction of sp³-hybridized carbons (Fsp3) is 0.467. The van der Waals surface area contributed by atoms with Crippen LogP contribution in [0, 0.1) is 0 Å². The summed E-state index contributed by atoms with van der Waals surface area (Å²) < 4.78 is 27.8. The van der Waals surface area contributed by atoms with E-state index in [4.69, 9.17) is 0 Å². The number of amides is 1. The van der Waals surface area contributed by atoms with E-state index >= 15 is 0 Å². The van der Waals surface area contributed by atoms with Crippen molar-refractivity contribution in [2.45, 2.75) is 37.6 Å². The molecular formula is C15H21N3O3S. The van der Waals surface area contributed by atoms with Crippen molar-refractivity contribution in [2.75, 3.05) is 13.6 Å². The topological polar surface area (TPSA) is 78.8 Å². The third kappa shape index (κ3) is 3.30. The molecule has 0 bridgehead atoms. The zero-order valence-corrected chi connectivity index (χ0v) is 13.9. The summed E-state index contributed by atoms with van der Waals surface area (Å²) in [6.07, 6.45) is 1.73. The first-order valence-electron chi connectivity index (χ1n) is 7.34. The van der Waals surface area contributed by atoms with Gasteiger partial charge in [-0.15, -0.1) is 4.40 Å². The van der Waals surface area contributed by atoms with Gasteiger partial charge in [0.25, 0.3) is 10.0 Å². The van der Waals surface area contributed by atoms with Crippen LogP contribution in [0.25, 0.3) is 0 Å². The van der Waals surface area contributed by atoms with E-state index in [0.29, 0.717) is 11.4 Å². The van der Waals surface area contributed by atoms with E-state index in [1.807, 2.05) is 13.8 Å². The van der Waals surface area contributed by atoms with Crippen LogP contribution in [-0.2, 0) is 14.8 Å². The van der Waals surface area contributed by atoms with Gasteiger partial charge in [-0.1, -0.05) is 26.0 Å². The van der Waals surface area contributed by atoms with Crippen molar-refractivity contribution in [3.8, 4) is 0 Å². The summed E-state index contributed by atoms with van der Waals surface area (Å²) in [5.74, 6) is 0.177. The Balaban J connectivity index is 2.14. The molecule has 22 heavy (non-hydrogen) atoms. The fourth-order valence-electron chi connectivity index (χ4n) is 2.42. The Kier molecular flexibility index (Phi) is 4.85. The van der Waals surface area contributed by atoms with Crippen molar-refractivity contribution in [1.82, 2.24) is 10.2 Å².